The standard InChI is InChI=1S/C17H21N5OS2/c1-4-5-8-12-13(24-17(18-12)22-9-6-7-10-22)14(23)19-16-21-20-15(25-16)11(2)3/h6-7,9-11H,4-5,8H2,1-3H3,(H,19,21,23). The lowest BCUT2D eigenvalue weighted by Gasteiger charge is -2.01. The number of nitrogens with one attached hydrogen (secondary N) is 1. The summed E-state index contributed by atoms with van der Waals surface area (Å²) in [5, 5.41) is 13.3. The van der Waals surface area contributed by atoms with Gasteiger partial charge in [0.25, 0.3) is 5.91 Å². The van der Waals surface area contributed by atoms with Gasteiger partial charge in [0.15, 0.2) is 5.13 Å². The number of unbranched alkanes of at least 4 members (excludes halogenated alkanes) is 1. The molecule has 0 aliphatic carbocycles. The maximum atomic E-state index is 12.7. The van der Waals surface area contributed by atoms with Crippen LogP contribution in [0, 0.1) is 0 Å². The molecule has 0 saturated carbocycles. The summed E-state index contributed by atoms with van der Waals surface area (Å²) >= 11 is 2.82. The molecule has 0 atom stereocenters. The van der Waals surface area contributed by atoms with E-state index in [2.05, 4.69) is 41.3 Å². The Balaban J connectivity index is 1.84. The molecule has 0 spiro atoms. The molecule has 0 radical (unpaired) electrons. The molecule has 3 heterocycles. The largest absolute Gasteiger partial charge is 0.300 e. The van der Waals surface area contributed by atoms with Crippen molar-refractivity contribution < 1.29 is 4.79 Å². The van der Waals surface area contributed by atoms with Crippen LogP contribution < -0.4 is 5.32 Å². The van der Waals surface area contributed by atoms with Crippen molar-refractivity contribution in [3.63, 3.8) is 0 Å². The van der Waals surface area contributed by atoms with Gasteiger partial charge < -0.3 is 4.57 Å². The molecule has 0 bridgehead atoms. The fourth-order valence-corrected chi connectivity index (χ4v) is 3.99. The van der Waals surface area contributed by atoms with Crippen LogP contribution in [0.15, 0.2) is 24.5 Å². The third-order valence-electron chi connectivity index (χ3n) is 3.64. The molecule has 132 valence electrons. The second-order valence-electron chi connectivity index (χ2n) is 6.02. The molecular weight excluding hydrogens is 354 g/mol. The molecule has 0 aliphatic rings. The van der Waals surface area contributed by atoms with Gasteiger partial charge in [-0.1, -0.05) is 49.9 Å². The van der Waals surface area contributed by atoms with Crippen LogP contribution in [0.5, 0.6) is 0 Å². The average molecular weight is 376 g/mol. The minimum atomic E-state index is -0.159. The SMILES string of the molecule is CCCCc1nc(-n2cccc2)sc1C(=O)Nc1nnc(C(C)C)s1. The summed E-state index contributed by atoms with van der Waals surface area (Å²) < 4.78 is 1.93. The van der Waals surface area contributed by atoms with Crippen molar-refractivity contribution in [1.29, 1.82) is 0 Å². The second kappa shape index (κ2) is 7.88. The monoisotopic (exact) mass is 375 g/mol. The summed E-state index contributed by atoms with van der Waals surface area (Å²) in [4.78, 5) is 18.1. The summed E-state index contributed by atoms with van der Waals surface area (Å²) in [5.41, 5.74) is 0.849. The third-order valence-corrected chi connectivity index (χ3v) is 5.89. The van der Waals surface area contributed by atoms with Gasteiger partial charge in [0.2, 0.25) is 5.13 Å². The molecule has 0 saturated heterocycles. The molecule has 0 aromatic carbocycles. The fraction of sp³-hybridized carbons (Fsp3) is 0.412. The zero-order valence-corrected chi connectivity index (χ0v) is 16.2. The molecule has 1 N–H and O–H groups in total. The second-order valence-corrected chi connectivity index (χ2v) is 8.01. The Morgan fingerprint density at radius 3 is 2.64 bits per heavy atom. The van der Waals surface area contributed by atoms with Gasteiger partial charge in [0.1, 0.15) is 9.88 Å². The van der Waals surface area contributed by atoms with Gasteiger partial charge in [-0.25, -0.2) is 4.98 Å². The minimum Gasteiger partial charge on any atom is -0.300 e. The number of rotatable bonds is 7. The number of aryl methyl sites for hydroxylation is 1. The van der Waals surface area contributed by atoms with Crippen LogP contribution in [-0.2, 0) is 6.42 Å². The van der Waals surface area contributed by atoms with Gasteiger partial charge >= 0.3 is 0 Å². The van der Waals surface area contributed by atoms with Crippen LogP contribution >= 0.6 is 22.7 Å². The Kier molecular flexibility index (Phi) is 5.60. The summed E-state index contributed by atoms with van der Waals surface area (Å²) in [5.74, 6) is 0.139. The van der Waals surface area contributed by atoms with Crippen molar-refractivity contribution in [3.8, 4) is 5.13 Å². The first-order chi connectivity index (χ1) is 12.1. The van der Waals surface area contributed by atoms with Gasteiger partial charge in [-0.05, 0) is 25.0 Å². The molecule has 25 heavy (non-hydrogen) atoms. The van der Waals surface area contributed by atoms with Crippen LogP contribution in [0.25, 0.3) is 5.13 Å². The highest BCUT2D eigenvalue weighted by Gasteiger charge is 2.20. The van der Waals surface area contributed by atoms with E-state index in [-0.39, 0.29) is 5.91 Å². The number of thiazole rings is 1. The summed E-state index contributed by atoms with van der Waals surface area (Å²) in [6, 6.07) is 3.89. The molecule has 3 rings (SSSR count). The zero-order chi connectivity index (χ0) is 17.8. The van der Waals surface area contributed by atoms with E-state index in [1.807, 2.05) is 29.1 Å². The Morgan fingerprint density at radius 2 is 2.00 bits per heavy atom. The number of anilines is 1. The normalized spacial score (nSPS) is 11.2. The van der Waals surface area contributed by atoms with Crippen LogP contribution in [0.1, 0.15) is 59.9 Å². The zero-order valence-electron chi connectivity index (χ0n) is 14.5. The number of amides is 1. The highest BCUT2D eigenvalue weighted by atomic mass is 32.1. The highest BCUT2D eigenvalue weighted by Crippen LogP contribution is 2.27. The lowest BCUT2D eigenvalue weighted by atomic mass is 10.2. The van der Waals surface area contributed by atoms with E-state index >= 15 is 0 Å². The maximum absolute atomic E-state index is 12.7. The molecule has 6 nitrogen and oxygen atoms in total. The number of carbonyl (C=O) groups is 1. The number of carbonyl (C=O) groups excluding carboxylic acids is 1. The summed E-state index contributed by atoms with van der Waals surface area (Å²) in [6.45, 7) is 6.25. The van der Waals surface area contributed by atoms with E-state index in [0.717, 1.165) is 35.1 Å². The van der Waals surface area contributed by atoms with E-state index in [1.165, 1.54) is 22.7 Å². The van der Waals surface area contributed by atoms with Crippen molar-refractivity contribution in [2.24, 2.45) is 0 Å². The quantitative estimate of drug-likeness (QED) is 0.660. The lowest BCUT2D eigenvalue weighted by molar-refractivity contribution is 0.102. The Hall–Kier alpha value is -2.06. The predicted molar refractivity (Wildman–Crippen MR) is 102 cm³/mol. The van der Waals surface area contributed by atoms with Crippen molar-refractivity contribution in [3.05, 3.63) is 40.1 Å². The molecule has 1 amide bonds. The molecule has 3 aromatic heterocycles. The van der Waals surface area contributed by atoms with Crippen molar-refractivity contribution in [1.82, 2.24) is 19.7 Å². The van der Waals surface area contributed by atoms with Gasteiger partial charge in [-0.15, -0.1) is 10.2 Å². The first-order valence-corrected chi connectivity index (χ1v) is 9.99. The molecule has 0 fully saturated rings. The molecule has 0 aliphatic heterocycles. The van der Waals surface area contributed by atoms with Gasteiger partial charge in [0, 0.05) is 18.3 Å². The highest BCUT2D eigenvalue weighted by molar-refractivity contribution is 7.17. The number of hydrogen-bond donors (Lipinski definition) is 1. The van der Waals surface area contributed by atoms with Crippen LogP contribution in [0.3, 0.4) is 0 Å². The smallest absolute Gasteiger partial charge is 0.269 e. The van der Waals surface area contributed by atoms with Crippen LogP contribution in [-0.4, -0.2) is 25.7 Å². The third kappa shape index (κ3) is 4.13. The van der Waals surface area contributed by atoms with Crippen LogP contribution in [0.2, 0.25) is 0 Å². The molecule has 8 heteroatoms. The predicted octanol–water partition coefficient (Wildman–Crippen LogP) is 4.50. The summed E-state index contributed by atoms with van der Waals surface area (Å²) in [6.07, 6.45) is 6.73. The first-order valence-electron chi connectivity index (χ1n) is 8.36. The lowest BCUT2D eigenvalue weighted by Crippen LogP contribution is -2.12. The Labute approximate surface area is 155 Å². The number of aromatic nitrogens is 4. The van der Waals surface area contributed by atoms with Crippen molar-refractivity contribution in [2.75, 3.05) is 5.32 Å². The Morgan fingerprint density at radius 1 is 1.24 bits per heavy atom. The van der Waals surface area contributed by atoms with Gasteiger partial charge in [0.05, 0.1) is 5.69 Å². The van der Waals surface area contributed by atoms with Gasteiger partial charge in [-0.3, -0.25) is 10.1 Å². The van der Waals surface area contributed by atoms with E-state index in [1.54, 1.807) is 0 Å². The van der Waals surface area contributed by atoms with Gasteiger partial charge in [-0.2, -0.15) is 0 Å². The topological polar surface area (TPSA) is 72.7 Å². The van der Waals surface area contributed by atoms with Crippen molar-refractivity contribution >= 4 is 33.7 Å². The number of hydrogen-bond acceptors (Lipinski definition) is 6. The van der Waals surface area contributed by atoms with E-state index in [4.69, 9.17) is 0 Å². The average Bonchev–Trinajstić information content (AvgIpc) is 3.32. The van der Waals surface area contributed by atoms with Crippen molar-refractivity contribution in [2.45, 2.75) is 46.0 Å². The number of nitrogens with zero attached hydrogens (tertiary/aromatic N) is 4. The van der Waals surface area contributed by atoms with E-state index in [9.17, 15) is 4.79 Å². The fourth-order valence-electron chi connectivity index (χ4n) is 2.28. The van der Waals surface area contributed by atoms with E-state index in [0.29, 0.717) is 15.9 Å². The van der Waals surface area contributed by atoms with Crippen LogP contribution in [0.4, 0.5) is 5.13 Å². The van der Waals surface area contributed by atoms with E-state index < -0.39 is 0 Å². The Bertz CT molecular complexity index is 835. The minimum absolute atomic E-state index is 0.159. The molecule has 0 unspecified atom stereocenters. The maximum Gasteiger partial charge on any atom is 0.269 e. The first kappa shape index (κ1) is 17.8. The molecule has 3 aromatic rings. The molecular formula is C17H21N5OS2. The summed E-state index contributed by atoms with van der Waals surface area (Å²) in [7, 11) is 0.